The van der Waals surface area contributed by atoms with Gasteiger partial charge < -0.3 is 19.8 Å². The number of aliphatic hydroxyl groups excluding tert-OH is 1. The molecule has 1 aliphatic rings. The number of β-amino-alcohol motifs (C(OH)–C–C–N with tert-alkyl or cyclic N) is 1. The molecule has 1 aromatic carbocycles. The molecule has 0 radical (unpaired) electrons. The molecule has 1 aliphatic heterocycles. The Kier molecular flexibility index (Phi) is 4.29. The van der Waals surface area contributed by atoms with Crippen LogP contribution in [0.2, 0.25) is 0 Å². The lowest BCUT2D eigenvalue weighted by Crippen LogP contribution is -2.33. The first kappa shape index (κ1) is 15.5. The summed E-state index contributed by atoms with van der Waals surface area (Å²) in [5.41, 5.74) is 2.40. The Hall–Kier alpha value is -2.41. The molecule has 3 rings (SSSR count). The number of hydrogen-bond acceptors (Lipinski definition) is 5. The highest BCUT2D eigenvalue weighted by molar-refractivity contribution is 5.91. The molecule has 2 N–H and O–H groups in total. The largest absolute Gasteiger partial charge is 0.391 e. The molecule has 122 valence electrons. The summed E-state index contributed by atoms with van der Waals surface area (Å²) < 4.78 is 5.24. The number of nitrogens with zero attached hydrogens (tertiary/aromatic N) is 3. The minimum atomic E-state index is -0.431. The summed E-state index contributed by atoms with van der Waals surface area (Å²) in [6.45, 7) is 4.81. The Labute approximate surface area is 134 Å². The minimum Gasteiger partial charge on any atom is -0.391 e. The molecule has 0 bridgehead atoms. The first-order chi connectivity index (χ1) is 11.1. The normalized spacial score (nSPS) is 17.5. The quantitative estimate of drug-likeness (QED) is 0.906. The minimum absolute atomic E-state index is 0.207. The van der Waals surface area contributed by atoms with Crippen molar-refractivity contribution in [2.24, 2.45) is 0 Å². The highest BCUT2D eigenvalue weighted by Crippen LogP contribution is 2.25. The summed E-state index contributed by atoms with van der Waals surface area (Å²) in [7, 11) is 0. The van der Waals surface area contributed by atoms with Crippen molar-refractivity contribution in [1.82, 2.24) is 15.0 Å². The third-order valence-corrected chi connectivity index (χ3v) is 3.96. The second-order valence-corrected chi connectivity index (χ2v) is 5.72. The average Bonchev–Trinajstić information content (AvgIpc) is 3.18. The number of nitrogens with one attached hydrogen (secondary N) is 1. The Morgan fingerprint density at radius 1 is 1.52 bits per heavy atom. The number of aromatic nitrogens is 2. The number of likely N-dealkylation sites (tertiary alicyclic amines) is 1. The Bertz CT molecular complexity index is 713. The molecule has 2 amide bonds. The average molecular weight is 316 g/mol. The van der Waals surface area contributed by atoms with Crippen LogP contribution >= 0.6 is 0 Å². The molecule has 0 aliphatic carbocycles. The zero-order valence-electron chi connectivity index (χ0n) is 13.2. The van der Waals surface area contributed by atoms with E-state index >= 15 is 0 Å². The van der Waals surface area contributed by atoms with Gasteiger partial charge in [-0.1, -0.05) is 18.1 Å². The van der Waals surface area contributed by atoms with Crippen LogP contribution in [0, 0.1) is 6.92 Å². The van der Waals surface area contributed by atoms with E-state index in [1.165, 1.54) is 0 Å². The molecule has 0 spiro atoms. The fraction of sp³-hybridized carbons (Fsp3) is 0.438. The fourth-order valence-corrected chi connectivity index (χ4v) is 2.53. The van der Waals surface area contributed by atoms with Crippen LogP contribution < -0.4 is 5.32 Å². The number of aliphatic hydroxyl groups is 1. The third kappa shape index (κ3) is 3.34. The molecule has 0 unspecified atom stereocenters. The zero-order chi connectivity index (χ0) is 16.4. The van der Waals surface area contributed by atoms with E-state index in [-0.39, 0.29) is 6.03 Å². The Morgan fingerprint density at radius 2 is 2.35 bits per heavy atom. The number of amides is 2. The van der Waals surface area contributed by atoms with Gasteiger partial charge in [0.2, 0.25) is 0 Å². The molecular formula is C16H20N4O3. The van der Waals surface area contributed by atoms with Gasteiger partial charge in [0.05, 0.1) is 6.10 Å². The summed E-state index contributed by atoms with van der Waals surface area (Å²) in [5, 5.41) is 16.3. The van der Waals surface area contributed by atoms with Gasteiger partial charge in [0, 0.05) is 30.8 Å². The maximum atomic E-state index is 12.3. The summed E-state index contributed by atoms with van der Waals surface area (Å²) >= 11 is 0. The van der Waals surface area contributed by atoms with Crippen molar-refractivity contribution in [2.75, 3.05) is 18.4 Å². The van der Waals surface area contributed by atoms with E-state index in [1.54, 1.807) is 4.90 Å². The third-order valence-electron chi connectivity index (χ3n) is 3.96. The van der Waals surface area contributed by atoms with Crippen molar-refractivity contribution in [3.63, 3.8) is 0 Å². The Morgan fingerprint density at radius 3 is 3.00 bits per heavy atom. The van der Waals surface area contributed by atoms with Gasteiger partial charge in [0.1, 0.15) is 0 Å². The van der Waals surface area contributed by atoms with E-state index in [1.807, 2.05) is 32.0 Å². The summed E-state index contributed by atoms with van der Waals surface area (Å²) in [4.78, 5) is 18.2. The molecule has 2 heterocycles. The predicted octanol–water partition coefficient (Wildman–Crippen LogP) is 2.21. The van der Waals surface area contributed by atoms with Crippen molar-refractivity contribution in [1.29, 1.82) is 0 Å². The lowest BCUT2D eigenvalue weighted by Gasteiger charge is -2.17. The number of carbonyl (C=O) groups excluding carboxylic acids is 1. The smallest absolute Gasteiger partial charge is 0.321 e. The van der Waals surface area contributed by atoms with Gasteiger partial charge in [-0.3, -0.25) is 0 Å². The SMILES string of the molecule is CCc1noc(-c2ccc(C)c(NC(=O)N3CC[C@H](O)C3)c2)n1. The molecule has 2 aromatic rings. The van der Waals surface area contributed by atoms with Crippen LogP contribution in [-0.2, 0) is 6.42 Å². The van der Waals surface area contributed by atoms with E-state index in [0.717, 1.165) is 11.1 Å². The van der Waals surface area contributed by atoms with Crippen molar-refractivity contribution in [2.45, 2.75) is 32.8 Å². The first-order valence-electron chi connectivity index (χ1n) is 7.74. The lowest BCUT2D eigenvalue weighted by molar-refractivity contribution is 0.176. The zero-order valence-corrected chi connectivity index (χ0v) is 13.2. The highest BCUT2D eigenvalue weighted by Gasteiger charge is 2.24. The molecule has 7 nitrogen and oxygen atoms in total. The van der Waals surface area contributed by atoms with E-state index in [2.05, 4.69) is 15.5 Å². The van der Waals surface area contributed by atoms with Gasteiger partial charge in [-0.2, -0.15) is 4.98 Å². The monoisotopic (exact) mass is 316 g/mol. The van der Waals surface area contributed by atoms with Gasteiger partial charge in [-0.25, -0.2) is 4.79 Å². The second-order valence-electron chi connectivity index (χ2n) is 5.72. The second kappa shape index (κ2) is 6.37. The predicted molar refractivity (Wildman–Crippen MR) is 85.1 cm³/mol. The summed E-state index contributed by atoms with van der Waals surface area (Å²) in [5.74, 6) is 1.09. The summed E-state index contributed by atoms with van der Waals surface area (Å²) in [6, 6.07) is 5.41. The van der Waals surface area contributed by atoms with Gasteiger partial charge >= 0.3 is 6.03 Å². The number of carbonyl (C=O) groups is 1. The van der Waals surface area contributed by atoms with Gasteiger partial charge in [0.15, 0.2) is 5.82 Å². The van der Waals surface area contributed by atoms with Crippen LogP contribution in [0.3, 0.4) is 0 Å². The van der Waals surface area contributed by atoms with Gasteiger partial charge in [-0.05, 0) is 31.0 Å². The molecule has 1 atom stereocenters. The number of benzene rings is 1. The van der Waals surface area contributed by atoms with Gasteiger partial charge in [0.25, 0.3) is 5.89 Å². The molecule has 23 heavy (non-hydrogen) atoms. The first-order valence-corrected chi connectivity index (χ1v) is 7.74. The number of hydrogen-bond donors (Lipinski definition) is 2. The van der Waals surface area contributed by atoms with Crippen LogP contribution in [0.5, 0.6) is 0 Å². The number of anilines is 1. The number of urea groups is 1. The summed E-state index contributed by atoms with van der Waals surface area (Å²) in [6.07, 6.45) is 0.892. The maximum Gasteiger partial charge on any atom is 0.321 e. The number of aryl methyl sites for hydroxylation is 2. The molecule has 1 saturated heterocycles. The van der Waals surface area contributed by atoms with Crippen molar-refractivity contribution >= 4 is 11.7 Å². The maximum absolute atomic E-state index is 12.3. The highest BCUT2D eigenvalue weighted by atomic mass is 16.5. The number of rotatable bonds is 3. The molecule has 0 saturated carbocycles. The molecule has 1 aromatic heterocycles. The molecule has 1 fully saturated rings. The lowest BCUT2D eigenvalue weighted by atomic mass is 10.1. The van der Waals surface area contributed by atoms with Crippen LogP contribution in [0.15, 0.2) is 22.7 Å². The van der Waals surface area contributed by atoms with E-state index in [9.17, 15) is 9.90 Å². The van der Waals surface area contributed by atoms with Crippen molar-refractivity contribution in [3.05, 3.63) is 29.6 Å². The topological polar surface area (TPSA) is 91.5 Å². The molecular weight excluding hydrogens is 296 g/mol. The Balaban J connectivity index is 1.79. The van der Waals surface area contributed by atoms with Crippen molar-refractivity contribution < 1.29 is 14.4 Å². The van der Waals surface area contributed by atoms with E-state index in [0.29, 0.717) is 43.3 Å². The van der Waals surface area contributed by atoms with Crippen LogP contribution in [0.25, 0.3) is 11.5 Å². The van der Waals surface area contributed by atoms with Crippen molar-refractivity contribution in [3.8, 4) is 11.5 Å². The fourth-order valence-electron chi connectivity index (χ4n) is 2.53. The van der Waals surface area contributed by atoms with Crippen LogP contribution in [0.4, 0.5) is 10.5 Å². The standard InChI is InChI=1S/C16H20N4O3/c1-3-14-18-15(23-19-14)11-5-4-10(2)13(8-11)17-16(22)20-7-6-12(21)9-20/h4-5,8,12,21H,3,6-7,9H2,1-2H3,(H,17,22)/t12-/m0/s1. The van der Waals surface area contributed by atoms with E-state index < -0.39 is 6.10 Å². The van der Waals surface area contributed by atoms with Crippen LogP contribution in [0.1, 0.15) is 24.7 Å². The van der Waals surface area contributed by atoms with Crippen LogP contribution in [-0.4, -0.2) is 45.4 Å². The van der Waals surface area contributed by atoms with E-state index in [4.69, 9.17) is 4.52 Å². The van der Waals surface area contributed by atoms with Gasteiger partial charge in [-0.15, -0.1) is 0 Å². The molecule has 7 heteroatoms.